The maximum atomic E-state index is 12.1. The molecule has 0 radical (unpaired) electrons. The predicted octanol–water partition coefficient (Wildman–Crippen LogP) is 0.618. The lowest BCUT2D eigenvalue weighted by Gasteiger charge is -2.25. The van der Waals surface area contributed by atoms with E-state index in [1.165, 1.54) is 0 Å². The third-order valence-corrected chi connectivity index (χ3v) is 3.52. The first-order chi connectivity index (χ1) is 8.97. The van der Waals surface area contributed by atoms with Gasteiger partial charge in [-0.15, -0.1) is 0 Å². The number of hydrogen-bond acceptors (Lipinski definition) is 4. The van der Waals surface area contributed by atoms with Crippen molar-refractivity contribution in [3.63, 3.8) is 0 Å². The summed E-state index contributed by atoms with van der Waals surface area (Å²) in [4.78, 5) is 12.1. The predicted molar refractivity (Wildman–Crippen MR) is 79.8 cm³/mol. The lowest BCUT2D eigenvalue weighted by Crippen LogP contribution is -2.50. The zero-order chi connectivity index (χ0) is 16.0. The number of rotatable bonds is 9. The van der Waals surface area contributed by atoms with Crippen LogP contribution in [0.2, 0.25) is 0 Å². The van der Waals surface area contributed by atoms with Gasteiger partial charge in [0.2, 0.25) is 15.9 Å². The van der Waals surface area contributed by atoms with Crippen LogP contribution in [0.15, 0.2) is 0 Å². The van der Waals surface area contributed by atoms with E-state index in [-0.39, 0.29) is 12.5 Å². The molecule has 0 aliphatic heterocycles. The van der Waals surface area contributed by atoms with Crippen LogP contribution in [-0.4, -0.2) is 43.9 Å². The highest BCUT2D eigenvalue weighted by molar-refractivity contribution is 7.88. The molecular formula is C13H28N2O4S. The van der Waals surface area contributed by atoms with Gasteiger partial charge in [-0.2, -0.15) is 0 Å². The Morgan fingerprint density at radius 3 is 2.30 bits per heavy atom. The summed E-state index contributed by atoms with van der Waals surface area (Å²) < 4.78 is 24.9. The second-order valence-electron chi connectivity index (χ2n) is 6.04. The maximum Gasteiger partial charge on any atom is 0.238 e. The maximum absolute atomic E-state index is 12.1. The summed E-state index contributed by atoms with van der Waals surface area (Å²) in [6.45, 7) is 7.54. The van der Waals surface area contributed by atoms with Crippen LogP contribution in [0.3, 0.4) is 0 Å². The largest absolute Gasteiger partial charge is 0.388 e. The van der Waals surface area contributed by atoms with Gasteiger partial charge in [0.1, 0.15) is 6.04 Å². The van der Waals surface area contributed by atoms with Crippen molar-refractivity contribution < 1.29 is 18.3 Å². The molecule has 0 rings (SSSR count). The molecule has 0 saturated carbocycles. The van der Waals surface area contributed by atoms with E-state index in [1.54, 1.807) is 6.92 Å². The molecule has 0 fully saturated rings. The van der Waals surface area contributed by atoms with Crippen molar-refractivity contribution in [1.29, 1.82) is 0 Å². The molecule has 0 aromatic carbocycles. The molecule has 2 unspecified atom stereocenters. The number of carbonyl (C=O) groups is 1. The van der Waals surface area contributed by atoms with E-state index >= 15 is 0 Å². The molecule has 6 nitrogen and oxygen atoms in total. The normalized spacial score (nSPS) is 16.8. The van der Waals surface area contributed by atoms with Gasteiger partial charge in [0.05, 0.1) is 11.9 Å². The molecule has 0 heterocycles. The minimum Gasteiger partial charge on any atom is -0.388 e. The topological polar surface area (TPSA) is 95.5 Å². The van der Waals surface area contributed by atoms with E-state index in [0.717, 1.165) is 12.7 Å². The van der Waals surface area contributed by atoms with E-state index in [2.05, 4.69) is 10.0 Å². The Hall–Kier alpha value is -0.660. The van der Waals surface area contributed by atoms with Gasteiger partial charge >= 0.3 is 0 Å². The monoisotopic (exact) mass is 308 g/mol. The Bertz CT molecular complexity index is 405. The number of hydrogen-bond donors (Lipinski definition) is 3. The first kappa shape index (κ1) is 19.3. The van der Waals surface area contributed by atoms with Crippen molar-refractivity contribution >= 4 is 15.9 Å². The first-order valence-corrected chi connectivity index (χ1v) is 8.83. The van der Waals surface area contributed by atoms with Gasteiger partial charge in [-0.1, -0.05) is 27.2 Å². The van der Waals surface area contributed by atoms with Gasteiger partial charge in [-0.25, -0.2) is 13.1 Å². The van der Waals surface area contributed by atoms with Crippen molar-refractivity contribution in [2.75, 3.05) is 12.8 Å². The van der Waals surface area contributed by atoms with Gasteiger partial charge in [-0.3, -0.25) is 4.79 Å². The Labute approximate surface area is 122 Å². The Morgan fingerprint density at radius 2 is 1.90 bits per heavy atom. The van der Waals surface area contributed by atoms with Gasteiger partial charge < -0.3 is 10.4 Å². The summed E-state index contributed by atoms with van der Waals surface area (Å²) in [5, 5.41) is 12.6. The molecule has 7 heteroatoms. The summed E-state index contributed by atoms with van der Waals surface area (Å²) in [6.07, 6.45) is 2.82. The lowest BCUT2D eigenvalue weighted by molar-refractivity contribution is -0.124. The average Bonchev–Trinajstić information content (AvgIpc) is 2.22. The molecule has 1 amide bonds. The van der Waals surface area contributed by atoms with E-state index in [9.17, 15) is 18.3 Å². The molecule has 0 bridgehead atoms. The summed E-state index contributed by atoms with van der Waals surface area (Å²) >= 11 is 0. The van der Waals surface area contributed by atoms with E-state index in [0.29, 0.717) is 12.8 Å². The standard InChI is InChI=1S/C13H28N2O4S/c1-6-7-13(4,17)9-14-12(16)11(8-10(2)3)15-20(5,18)19/h10-11,15,17H,6-9H2,1-5H3,(H,14,16). The van der Waals surface area contributed by atoms with Crippen LogP contribution < -0.4 is 10.0 Å². The number of sulfonamides is 1. The van der Waals surface area contributed by atoms with Crippen LogP contribution in [0, 0.1) is 5.92 Å². The Balaban J connectivity index is 4.63. The second-order valence-corrected chi connectivity index (χ2v) is 7.82. The summed E-state index contributed by atoms with van der Waals surface area (Å²) in [6, 6.07) is -0.803. The molecule has 2 atom stereocenters. The fourth-order valence-corrected chi connectivity index (χ4v) is 2.69. The quantitative estimate of drug-likeness (QED) is 0.582. The fraction of sp³-hybridized carbons (Fsp3) is 0.923. The minimum absolute atomic E-state index is 0.111. The SMILES string of the molecule is CCCC(C)(O)CNC(=O)C(CC(C)C)NS(C)(=O)=O. The highest BCUT2D eigenvalue weighted by Crippen LogP contribution is 2.11. The van der Waals surface area contributed by atoms with Crippen LogP contribution in [0.4, 0.5) is 0 Å². The molecule has 120 valence electrons. The van der Waals surface area contributed by atoms with E-state index < -0.39 is 27.6 Å². The Morgan fingerprint density at radius 1 is 1.35 bits per heavy atom. The van der Waals surface area contributed by atoms with Crippen molar-refractivity contribution in [2.24, 2.45) is 5.92 Å². The van der Waals surface area contributed by atoms with Crippen molar-refractivity contribution in [2.45, 2.75) is 58.6 Å². The van der Waals surface area contributed by atoms with Gasteiger partial charge in [0.15, 0.2) is 0 Å². The first-order valence-electron chi connectivity index (χ1n) is 6.94. The van der Waals surface area contributed by atoms with Gasteiger partial charge in [-0.05, 0) is 25.7 Å². The average molecular weight is 308 g/mol. The van der Waals surface area contributed by atoms with Crippen molar-refractivity contribution in [3.8, 4) is 0 Å². The smallest absolute Gasteiger partial charge is 0.238 e. The number of carbonyl (C=O) groups excluding carboxylic acids is 1. The Kier molecular flexibility index (Phi) is 7.69. The van der Waals surface area contributed by atoms with Crippen LogP contribution in [0.25, 0.3) is 0 Å². The van der Waals surface area contributed by atoms with Crippen molar-refractivity contribution in [3.05, 3.63) is 0 Å². The fourth-order valence-electron chi connectivity index (χ4n) is 1.97. The summed E-state index contributed by atoms with van der Waals surface area (Å²) in [5.74, 6) is -0.225. The third kappa shape index (κ3) is 9.28. The van der Waals surface area contributed by atoms with Crippen LogP contribution in [0.1, 0.15) is 47.0 Å². The minimum atomic E-state index is -3.45. The van der Waals surface area contributed by atoms with Crippen LogP contribution >= 0.6 is 0 Å². The summed E-state index contributed by atoms with van der Waals surface area (Å²) in [5.41, 5.74) is -0.974. The van der Waals surface area contributed by atoms with Gasteiger partial charge in [0, 0.05) is 6.54 Å². The molecule has 0 spiro atoms. The molecule has 3 N–H and O–H groups in total. The number of amides is 1. The van der Waals surface area contributed by atoms with Crippen LogP contribution in [-0.2, 0) is 14.8 Å². The number of aliphatic hydroxyl groups is 1. The highest BCUT2D eigenvalue weighted by atomic mass is 32.2. The zero-order valence-electron chi connectivity index (χ0n) is 13.1. The molecule has 0 aliphatic rings. The second kappa shape index (κ2) is 7.95. The number of nitrogens with one attached hydrogen (secondary N) is 2. The van der Waals surface area contributed by atoms with Crippen molar-refractivity contribution in [1.82, 2.24) is 10.0 Å². The van der Waals surface area contributed by atoms with E-state index in [4.69, 9.17) is 0 Å². The molecule has 20 heavy (non-hydrogen) atoms. The lowest BCUT2D eigenvalue weighted by atomic mass is 10.00. The van der Waals surface area contributed by atoms with E-state index in [1.807, 2.05) is 20.8 Å². The molecule has 0 saturated heterocycles. The highest BCUT2D eigenvalue weighted by Gasteiger charge is 2.26. The zero-order valence-corrected chi connectivity index (χ0v) is 13.9. The molecular weight excluding hydrogens is 280 g/mol. The molecule has 0 aromatic heterocycles. The van der Waals surface area contributed by atoms with Gasteiger partial charge in [0.25, 0.3) is 0 Å². The molecule has 0 aromatic rings. The summed E-state index contributed by atoms with van der Waals surface area (Å²) in [7, 11) is -3.45. The van der Waals surface area contributed by atoms with Crippen LogP contribution in [0.5, 0.6) is 0 Å². The third-order valence-electron chi connectivity index (χ3n) is 2.81. The molecule has 0 aliphatic carbocycles.